The van der Waals surface area contributed by atoms with Gasteiger partial charge in [0.2, 0.25) is 0 Å². The lowest BCUT2D eigenvalue weighted by molar-refractivity contribution is 0.414. The zero-order valence-corrected chi connectivity index (χ0v) is 32.3. The Labute approximate surface area is 319 Å². The molecule has 0 unspecified atom stereocenters. The second kappa shape index (κ2) is 14.8. The number of allylic oxidation sites excluding steroid dienone is 2. The molecule has 0 atom stereocenters. The molecular formula is C45H39BFIN2O2. The van der Waals surface area contributed by atoms with E-state index >= 15 is 4.32 Å². The van der Waals surface area contributed by atoms with Crippen LogP contribution in [-0.2, 0) is 0 Å². The summed E-state index contributed by atoms with van der Waals surface area (Å²) in [5.74, 6) is 1.52. The van der Waals surface area contributed by atoms with Crippen molar-refractivity contribution in [3.05, 3.63) is 176 Å². The first-order chi connectivity index (χ1) is 25.2. The van der Waals surface area contributed by atoms with Crippen molar-refractivity contribution in [3.8, 4) is 33.9 Å². The van der Waals surface area contributed by atoms with Crippen molar-refractivity contribution >= 4 is 46.6 Å². The summed E-state index contributed by atoms with van der Waals surface area (Å²) in [6.07, 6.45) is 0. The van der Waals surface area contributed by atoms with Gasteiger partial charge in [-0.3, -0.25) is 0 Å². The van der Waals surface area contributed by atoms with Crippen molar-refractivity contribution in [2.75, 3.05) is 14.2 Å². The fourth-order valence-corrected chi connectivity index (χ4v) is 8.32. The largest absolute Gasteiger partial charge is 0.497 e. The van der Waals surface area contributed by atoms with Gasteiger partial charge in [-0.2, -0.15) is 0 Å². The number of aryl methyl sites for hydroxylation is 3. The molecule has 0 fully saturated rings. The lowest BCUT2D eigenvalue weighted by atomic mass is 9.83. The summed E-state index contributed by atoms with van der Waals surface area (Å²) in [5, 5.41) is 0. The van der Waals surface area contributed by atoms with E-state index in [0.717, 1.165) is 93.5 Å². The molecule has 1 aliphatic heterocycles. The van der Waals surface area contributed by atoms with Crippen molar-refractivity contribution in [3.63, 3.8) is 0 Å². The number of benzene rings is 5. The van der Waals surface area contributed by atoms with Gasteiger partial charge in [-0.05, 0) is 138 Å². The molecule has 5 aromatic carbocycles. The van der Waals surface area contributed by atoms with Crippen LogP contribution in [0.3, 0.4) is 0 Å². The Kier molecular flexibility index (Phi) is 10.1. The summed E-state index contributed by atoms with van der Waals surface area (Å²) in [6, 6.07) is 43.1. The number of aromatic nitrogens is 1. The topological polar surface area (TPSA) is 35.8 Å². The summed E-state index contributed by atoms with van der Waals surface area (Å²) in [7, 11) is 1.95. The maximum absolute atomic E-state index is 16.7. The molecule has 6 aromatic rings. The molecule has 52 heavy (non-hydrogen) atoms. The number of rotatable bonds is 9. The molecule has 0 N–H and O–H groups in total. The number of halogens is 2. The molecule has 0 amide bonds. The van der Waals surface area contributed by atoms with Crippen LogP contribution in [0.2, 0.25) is 6.82 Å². The Morgan fingerprint density at radius 3 is 1.71 bits per heavy atom. The van der Waals surface area contributed by atoms with Gasteiger partial charge in [-0.25, -0.2) is 4.99 Å². The Balaban J connectivity index is 1.68. The third-order valence-electron chi connectivity index (χ3n) is 9.58. The summed E-state index contributed by atoms with van der Waals surface area (Å²) in [5.41, 5.74) is 14.3. The Morgan fingerprint density at radius 2 is 1.19 bits per heavy atom. The Bertz CT molecular complexity index is 2340. The van der Waals surface area contributed by atoms with E-state index in [4.69, 9.17) is 14.5 Å². The van der Waals surface area contributed by atoms with E-state index in [-0.39, 0.29) is 0 Å². The first-order valence-electron chi connectivity index (χ1n) is 17.3. The fourth-order valence-electron chi connectivity index (χ4n) is 7.32. The first-order valence-corrected chi connectivity index (χ1v) is 18.4. The van der Waals surface area contributed by atoms with Crippen LogP contribution in [0.1, 0.15) is 39.1 Å². The van der Waals surface area contributed by atoms with Crippen LogP contribution in [0.5, 0.6) is 11.5 Å². The van der Waals surface area contributed by atoms with Crippen LogP contribution in [-0.4, -0.2) is 31.5 Å². The quantitative estimate of drug-likeness (QED) is 0.108. The van der Waals surface area contributed by atoms with E-state index in [1.165, 1.54) is 5.56 Å². The summed E-state index contributed by atoms with van der Waals surface area (Å²) >= 11 is 2.45. The maximum Gasteiger partial charge on any atom is 0.462 e. The van der Waals surface area contributed by atoms with E-state index in [1.807, 2.05) is 77.3 Å². The smallest absolute Gasteiger partial charge is 0.462 e. The molecule has 2 heterocycles. The highest BCUT2D eigenvalue weighted by molar-refractivity contribution is 14.1. The Morgan fingerprint density at radius 1 is 0.673 bits per heavy atom. The molecule has 0 radical (unpaired) electrons. The molecule has 0 spiro atoms. The molecular weight excluding hydrogens is 757 g/mol. The minimum absolute atomic E-state index is 0.742. The lowest BCUT2D eigenvalue weighted by Gasteiger charge is -2.23. The van der Waals surface area contributed by atoms with E-state index in [0.29, 0.717) is 0 Å². The Hall–Kier alpha value is -5.15. The predicted octanol–water partition coefficient (Wildman–Crippen LogP) is 11.8. The third kappa shape index (κ3) is 6.54. The zero-order valence-electron chi connectivity index (χ0n) is 30.2. The van der Waals surface area contributed by atoms with Gasteiger partial charge in [0.05, 0.1) is 25.6 Å². The minimum atomic E-state index is -1.37. The molecule has 1 aromatic heterocycles. The average molecular weight is 797 g/mol. The van der Waals surface area contributed by atoms with Gasteiger partial charge in [-0.1, -0.05) is 78.4 Å². The molecule has 7 heteroatoms. The van der Waals surface area contributed by atoms with Crippen LogP contribution in [0.15, 0.2) is 142 Å². The monoisotopic (exact) mass is 796 g/mol. The van der Waals surface area contributed by atoms with Gasteiger partial charge in [0, 0.05) is 37.2 Å². The van der Waals surface area contributed by atoms with Crippen molar-refractivity contribution in [1.29, 1.82) is 0 Å². The molecule has 0 saturated heterocycles. The maximum atomic E-state index is 16.7. The van der Waals surface area contributed by atoms with Crippen LogP contribution in [0.25, 0.3) is 33.5 Å². The standard InChI is InChI=1S/C45H39BFIN2O2/c1-28-25-29(2)39(30(3)26-28)41(44-40(33-15-11-8-12-16-33)42(48)43(49-44)34-19-23-36(52-6)24-20-34)45-37(31-13-9-7-10-14-31)27-38(50(45)46(4)47)32-17-21-35(51-5)22-18-32/h7-27H,1-6H3/b44-41-. The summed E-state index contributed by atoms with van der Waals surface area (Å²) in [4.78, 5) is 5.57. The van der Waals surface area contributed by atoms with Crippen molar-refractivity contribution in [2.45, 2.75) is 27.6 Å². The second-order valence-electron chi connectivity index (χ2n) is 13.1. The van der Waals surface area contributed by atoms with E-state index < -0.39 is 7.12 Å². The van der Waals surface area contributed by atoms with E-state index in [9.17, 15) is 0 Å². The lowest BCUT2D eigenvalue weighted by Crippen LogP contribution is -2.19. The number of aliphatic imine (C=N–C) groups is 1. The minimum Gasteiger partial charge on any atom is -0.497 e. The second-order valence-corrected chi connectivity index (χ2v) is 14.2. The normalized spacial score (nSPS) is 13.7. The highest BCUT2D eigenvalue weighted by Crippen LogP contribution is 2.49. The van der Waals surface area contributed by atoms with Gasteiger partial charge >= 0.3 is 7.12 Å². The van der Waals surface area contributed by atoms with E-state index in [1.54, 1.807) is 21.0 Å². The number of methoxy groups -OCH3 is 2. The molecule has 4 nitrogen and oxygen atoms in total. The van der Waals surface area contributed by atoms with Gasteiger partial charge in [0.15, 0.2) is 0 Å². The van der Waals surface area contributed by atoms with Crippen molar-refractivity contribution in [1.82, 2.24) is 4.48 Å². The molecule has 0 aliphatic carbocycles. The molecule has 0 bridgehead atoms. The zero-order chi connectivity index (χ0) is 36.5. The van der Waals surface area contributed by atoms with Crippen LogP contribution in [0, 0.1) is 20.8 Å². The highest BCUT2D eigenvalue weighted by Gasteiger charge is 2.34. The number of hydrogen-bond acceptors (Lipinski definition) is 3. The first kappa shape index (κ1) is 35.3. The third-order valence-corrected chi connectivity index (χ3v) is 10.6. The summed E-state index contributed by atoms with van der Waals surface area (Å²) < 4.78 is 30.6. The predicted molar refractivity (Wildman–Crippen MR) is 224 cm³/mol. The van der Waals surface area contributed by atoms with Gasteiger partial charge in [0.25, 0.3) is 0 Å². The van der Waals surface area contributed by atoms with Crippen LogP contribution >= 0.6 is 22.6 Å². The number of ether oxygens (including phenoxy) is 2. The van der Waals surface area contributed by atoms with Crippen LogP contribution < -0.4 is 9.47 Å². The fraction of sp³-hybridized carbons (Fsp3) is 0.133. The molecule has 258 valence electrons. The van der Waals surface area contributed by atoms with Crippen molar-refractivity contribution in [2.24, 2.45) is 4.99 Å². The molecule has 7 rings (SSSR count). The van der Waals surface area contributed by atoms with Crippen molar-refractivity contribution < 1.29 is 13.8 Å². The SMILES string of the molecule is COc1ccc(C2=N/C(=C(/c3c(C)cc(C)cc3C)c3c(-c4ccccc4)cc(-c4ccc(OC)cc4)n3B(C)F)C(c3ccccc3)=C2I)cc1. The van der Waals surface area contributed by atoms with Gasteiger partial charge in [0.1, 0.15) is 11.5 Å². The highest BCUT2D eigenvalue weighted by atomic mass is 127. The number of nitrogens with zero attached hydrogens (tertiary/aromatic N) is 2. The van der Waals surface area contributed by atoms with Crippen LogP contribution in [0.4, 0.5) is 4.32 Å². The average Bonchev–Trinajstić information content (AvgIpc) is 3.72. The van der Waals surface area contributed by atoms with Gasteiger partial charge < -0.3 is 18.3 Å². The van der Waals surface area contributed by atoms with E-state index in [2.05, 4.69) is 98.0 Å². The summed E-state index contributed by atoms with van der Waals surface area (Å²) in [6.45, 7) is 8.03. The molecule has 0 saturated carbocycles. The van der Waals surface area contributed by atoms with Gasteiger partial charge in [-0.15, -0.1) is 0 Å². The number of hydrogen-bond donors (Lipinski definition) is 0. The molecule has 1 aliphatic rings.